The summed E-state index contributed by atoms with van der Waals surface area (Å²) in [5.41, 5.74) is -0.518. The number of nitrogens with one attached hydrogen (secondary N) is 1. The van der Waals surface area contributed by atoms with E-state index in [9.17, 15) is 22.8 Å². The number of benzene rings is 1. The Morgan fingerprint density at radius 1 is 1.00 bits per heavy atom. The van der Waals surface area contributed by atoms with Crippen molar-refractivity contribution in [2.45, 2.75) is 56.8 Å². The van der Waals surface area contributed by atoms with Gasteiger partial charge in [-0.05, 0) is 55.9 Å². The highest BCUT2D eigenvalue weighted by atomic mass is 19.4. The molecule has 0 radical (unpaired) electrons. The fraction of sp³-hybridized carbons (Fsp3) is 0.667. The number of carbonyl (C=O) groups excluding carboxylic acids is 2. The van der Waals surface area contributed by atoms with Gasteiger partial charge in [0, 0.05) is 44.9 Å². The molecular weight excluding hydrogens is 435 g/mol. The summed E-state index contributed by atoms with van der Waals surface area (Å²) in [6, 6.07) is 4.14. The Balaban J connectivity index is 1.35. The first-order valence-electron chi connectivity index (χ1n) is 11.9. The van der Waals surface area contributed by atoms with Gasteiger partial charge < -0.3 is 15.0 Å². The van der Waals surface area contributed by atoms with Gasteiger partial charge in [0.15, 0.2) is 0 Å². The zero-order chi connectivity index (χ0) is 23.4. The number of rotatable bonds is 6. The first-order chi connectivity index (χ1) is 15.8. The number of hydrogen-bond donors (Lipinski definition) is 1. The molecule has 2 amide bonds. The van der Waals surface area contributed by atoms with E-state index in [1.807, 2.05) is 0 Å². The number of halogens is 3. The van der Waals surface area contributed by atoms with Crippen molar-refractivity contribution >= 4 is 11.8 Å². The Bertz CT molecular complexity index is 810. The van der Waals surface area contributed by atoms with E-state index in [0.29, 0.717) is 38.6 Å². The molecule has 1 aromatic rings. The number of hydrogen-bond acceptors (Lipinski definition) is 4. The molecule has 2 aliphatic heterocycles. The smallest absolute Gasteiger partial charge is 0.376 e. The molecular formula is C24H32F3N3O3. The third-order valence-corrected chi connectivity index (χ3v) is 7.10. The van der Waals surface area contributed by atoms with E-state index in [0.717, 1.165) is 57.3 Å². The third-order valence-electron chi connectivity index (χ3n) is 7.10. The Kier molecular flexibility index (Phi) is 7.58. The minimum Gasteiger partial charge on any atom is -0.376 e. The minimum atomic E-state index is -4.42. The standard InChI is InChI=1S/C24H32F3N3O3/c25-24(26,27)19-9-7-18(8-10-19)23(32)30-13-11-29(12-14-30)21(17-4-1-2-5-17)22(31)28-16-20-6-3-15-33-20/h7-10,17,20-21H,1-6,11-16H2,(H,28,31)/t20-,21+/m1/s1. The van der Waals surface area contributed by atoms with E-state index < -0.39 is 11.7 Å². The maximum atomic E-state index is 13.2. The van der Waals surface area contributed by atoms with Crippen molar-refractivity contribution in [2.75, 3.05) is 39.3 Å². The summed E-state index contributed by atoms with van der Waals surface area (Å²) in [5, 5.41) is 3.10. The van der Waals surface area contributed by atoms with E-state index in [1.54, 1.807) is 4.90 Å². The molecule has 1 N–H and O–H groups in total. The summed E-state index contributed by atoms with van der Waals surface area (Å²) in [6.45, 7) is 3.32. The van der Waals surface area contributed by atoms with Gasteiger partial charge in [-0.2, -0.15) is 13.2 Å². The lowest BCUT2D eigenvalue weighted by Crippen LogP contribution is -2.58. The van der Waals surface area contributed by atoms with Crippen molar-refractivity contribution in [3.8, 4) is 0 Å². The largest absolute Gasteiger partial charge is 0.416 e. The molecule has 2 heterocycles. The van der Waals surface area contributed by atoms with Gasteiger partial charge in [-0.3, -0.25) is 14.5 Å². The minimum absolute atomic E-state index is 0.0416. The van der Waals surface area contributed by atoms with Crippen molar-refractivity contribution in [1.82, 2.24) is 15.1 Å². The van der Waals surface area contributed by atoms with Crippen LogP contribution < -0.4 is 5.32 Å². The number of amides is 2. The van der Waals surface area contributed by atoms with E-state index >= 15 is 0 Å². The predicted molar refractivity (Wildman–Crippen MR) is 117 cm³/mol. The van der Waals surface area contributed by atoms with Gasteiger partial charge in [0.25, 0.3) is 5.91 Å². The SMILES string of the molecule is O=C(NC[C@H]1CCCO1)[C@H](C1CCCC1)N1CCN(C(=O)c2ccc(C(F)(F)F)cc2)CC1. The van der Waals surface area contributed by atoms with Gasteiger partial charge in [0.05, 0.1) is 17.7 Å². The number of ether oxygens (including phenoxy) is 1. The fourth-order valence-corrected chi connectivity index (χ4v) is 5.26. The lowest BCUT2D eigenvalue weighted by atomic mass is 9.94. The molecule has 182 valence electrons. The monoisotopic (exact) mass is 467 g/mol. The number of nitrogens with zero attached hydrogens (tertiary/aromatic N) is 2. The topological polar surface area (TPSA) is 61.9 Å². The molecule has 1 saturated carbocycles. The average Bonchev–Trinajstić information content (AvgIpc) is 3.52. The molecule has 1 aromatic carbocycles. The van der Waals surface area contributed by atoms with E-state index in [1.165, 1.54) is 12.1 Å². The summed E-state index contributed by atoms with van der Waals surface area (Å²) in [7, 11) is 0. The van der Waals surface area contributed by atoms with Crippen LogP contribution in [-0.2, 0) is 15.7 Å². The lowest BCUT2D eigenvalue weighted by Gasteiger charge is -2.41. The summed E-state index contributed by atoms with van der Waals surface area (Å²) in [5.74, 6) is 0.0789. The fourth-order valence-electron chi connectivity index (χ4n) is 5.26. The quantitative estimate of drug-likeness (QED) is 0.698. The number of carbonyl (C=O) groups is 2. The van der Waals surface area contributed by atoms with Crippen LogP contribution in [0, 0.1) is 5.92 Å². The van der Waals surface area contributed by atoms with Crippen LogP contribution in [0.4, 0.5) is 13.2 Å². The molecule has 4 rings (SSSR count). The van der Waals surface area contributed by atoms with Crippen molar-refractivity contribution in [1.29, 1.82) is 0 Å². The zero-order valence-corrected chi connectivity index (χ0v) is 18.8. The molecule has 3 fully saturated rings. The first kappa shape index (κ1) is 24.0. The molecule has 33 heavy (non-hydrogen) atoms. The highest BCUT2D eigenvalue weighted by Crippen LogP contribution is 2.32. The van der Waals surface area contributed by atoms with Crippen molar-refractivity contribution < 1.29 is 27.5 Å². The molecule has 0 unspecified atom stereocenters. The summed E-state index contributed by atoms with van der Waals surface area (Å²) in [4.78, 5) is 29.8. The molecule has 3 aliphatic rings. The van der Waals surface area contributed by atoms with Gasteiger partial charge in [-0.25, -0.2) is 0 Å². The van der Waals surface area contributed by atoms with Crippen molar-refractivity contribution in [3.05, 3.63) is 35.4 Å². The van der Waals surface area contributed by atoms with E-state index in [-0.39, 0.29) is 29.5 Å². The van der Waals surface area contributed by atoms with Gasteiger partial charge >= 0.3 is 6.18 Å². The maximum Gasteiger partial charge on any atom is 0.416 e. The van der Waals surface area contributed by atoms with Crippen LogP contribution in [0.3, 0.4) is 0 Å². The second-order valence-electron chi connectivity index (χ2n) is 9.27. The number of alkyl halides is 3. The molecule has 0 aromatic heterocycles. The molecule has 2 saturated heterocycles. The second-order valence-corrected chi connectivity index (χ2v) is 9.27. The van der Waals surface area contributed by atoms with Crippen LogP contribution >= 0.6 is 0 Å². The zero-order valence-electron chi connectivity index (χ0n) is 18.8. The average molecular weight is 468 g/mol. The van der Waals surface area contributed by atoms with Gasteiger partial charge in [-0.15, -0.1) is 0 Å². The molecule has 0 spiro atoms. The maximum absolute atomic E-state index is 13.2. The van der Waals surface area contributed by atoms with Gasteiger partial charge in [0.1, 0.15) is 0 Å². The summed E-state index contributed by atoms with van der Waals surface area (Å²) < 4.78 is 44.0. The summed E-state index contributed by atoms with van der Waals surface area (Å²) >= 11 is 0. The Hall–Kier alpha value is -2.13. The summed E-state index contributed by atoms with van der Waals surface area (Å²) in [6.07, 6.45) is 1.99. The van der Waals surface area contributed by atoms with E-state index in [4.69, 9.17) is 4.74 Å². The Morgan fingerprint density at radius 3 is 2.24 bits per heavy atom. The molecule has 6 nitrogen and oxygen atoms in total. The highest BCUT2D eigenvalue weighted by molar-refractivity contribution is 5.94. The Morgan fingerprint density at radius 2 is 1.67 bits per heavy atom. The Labute approximate surface area is 192 Å². The van der Waals surface area contributed by atoms with E-state index in [2.05, 4.69) is 10.2 Å². The molecule has 0 bridgehead atoms. The number of piperazine rings is 1. The lowest BCUT2D eigenvalue weighted by molar-refractivity contribution is -0.137. The van der Waals surface area contributed by atoms with Gasteiger partial charge in [-0.1, -0.05) is 12.8 Å². The van der Waals surface area contributed by atoms with Gasteiger partial charge in [0.2, 0.25) is 5.91 Å². The molecule has 9 heteroatoms. The molecule has 1 aliphatic carbocycles. The third kappa shape index (κ3) is 5.87. The molecule has 2 atom stereocenters. The van der Waals surface area contributed by atoms with Crippen LogP contribution in [0.15, 0.2) is 24.3 Å². The van der Waals surface area contributed by atoms with Crippen molar-refractivity contribution in [2.24, 2.45) is 5.92 Å². The highest BCUT2D eigenvalue weighted by Gasteiger charge is 2.38. The first-order valence-corrected chi connectivity index (χ1v) is 11.9. The van der Waals surface area contributed by atoms with Crippen LogP contribution in [0.2, 0.25) is 0 Å². The van der Waals surface area contributed by atoms with Crippen LogP contribution in [0.5, 0.6) is 0 Å². The van der Waals surface area contributed by atoms with Crippen LogP contribution in [-0.4, -0.2) is 73.1 Å². The second kappa shape index (κ2) is 10.4. The van der Waals surface area contributed by atoms with Crippen LogP contribution in [0.25, 0.3) is 0 Å². The van der Waals surface area contributed by atoms with Crippen molar-refractivity contribution in [3.63, 3.8) is 0 Å². The predicted octanol–water partition coefficient (Wildman–Crippen LogP) is 3.32. The van der Waals surface area contributed by atoms with Crippen LogP contribution in [0.1, 0.15) is 54.4 Å². The normalized spacial score (nSPS) is 23.6.